The summed E-state index contributed by atoms with van der Waals surface area (Å²) >= 11 is 0. The summed E-state index contributed by atoms with van der Waals surface area (Å²) < 4.78 is 34.0. The van der Waals surface area contributed by atoms with Crippen molar-refractivity contribution in [1.29, 1.82) is 0 Å². The van der Waals surface area contributed by atoms with E-state index in [1.807, 2.05) is 46.8 Å². The Hall–Kier alpha value is -4.20. The Morgan fingerprint density at radius 1 is 1.14 bits per heavy atom. The molecular formula is C37H50N6O7S. The highest BCUT2D eigenvalue weighted by atomic mass is 32.2. The maximum absolute atomic E-state index is 14.6. The number of amides is 5. The molecule has 1 saturated heterocycles. The molecule has 5 atom stereocenters. The van der Waals surface area contributed by atoms with E-state index in [0.29, 0.717) is 18.7 Å². The molecule has 2 aliphatic heterocycles. The largest absolute Gasteiger partial charge is 0.472 e. The van der Waals surface area contributed by atoms with E-state index >= 15 is 0 Å². The molecule has 5 amide bonds. The summed E-state index contributed by atoms with van der Waals surface area (Å²) in [5, 5.41) is 9.89. The number of nitrogens with one attached hydrogen (secondary N) is 4. The molecule has 51 heavy (non-hydrogen) atoms. The van der Waals surface area contributed by atoms with Crippen LogP contribution in [0.2, 0.25) is 0 Å². The lowest BCUT2D eigenvalue weighted by molar-refractivity contribution is -0.142. The summed E-state index contributed by atoms with van der Waals surface area (Å²) in [6.45, 7) is 13.2. The van der Waals surface area contributed by atoms with Gasteiger partial charge in [0.05, 0.1) is 11.8 Å². The number of ether oxygens (including phenoxy) is 1. The summed E-state index contributed by atoms with van der Waals surface area (Å²) in [5.74, 6) is -2.05. The number of fused-ring (bicyclic) bond motifs is 3. The van der Waals surface area contributed by atoms with E-state index < -0.39 is 79.6 Å². The van der Waals surface area contributed by atoms with Crippen LogP contribution in [0.15, 0.2) is 43.1 Å². The number of sulfonamides is 1. The van der Waals surface area contributed by atoms with Crippen molar-refractivity contribution in [2.45, 2.75) is 121 Å². The summed E-state index contributed by atoms with van der Waals surface area (Å²) in [7, 11) is -3.88. The van der Waals surface area contributed by atoms with Gasteiger partial charge in [-0.2, -0.15) is 0 Å². The number of aromatic nitrogens is 1. The quantitative estimate of drug-likeness (QED) is 0.328. The number of nitrogens with zero attached hydrogens (tertiary/aromatic N) is 2. The zero-order chi connectivity index (χ0) is 36.9. The van der Waals surface area contributed by atoms with Gasteiger partial charge in [0.2, 0.25) is 27.7 Å². The average Bonchev–Trinajstić information content (AvgIpc) is 3.97. The van der Waals surface area contributed by atoms with Crippen LogP contribution < -0.4 is 25.4 Å². The molecule has 14 heteroatoms. The molecule has 6 rings (SSSR count). The third kappa shape index (κ3) is 7.85. The second-order valence-corrected chi connectivity index (χ2v) is 18.3. The van der Waals surface area contributed by atoms with E-state index in [1.165, 1.54) is 11.0 Å². The molecule has 3 heterocycles. The average molecular weight is 723 g/mol. The molecule has 1 aromatic heterocycles. The van der Waals surface area contributed by atoms with Crippen LogP contribution in [0.25, 0.3) is 10.8 Å². The van der Waals surface area contributed by atoms with Gasteiger partial charge in [-0.1, -0.05) is 45.4 Å². The van der Waals surface area contributed by atoms with Crippen LogP contribution in [0.5, 0.6) is 5.88 Å². The third-order valence-electron chi connectivity index (χ3n) is 10.5. The first kappa shape index (κ1) is 36.6. The number of hydrogen-bond donors (Lipinski definition) is 4. The van der Waals surface area contributed by atoms with E-state index in [0.717, 1.165) is 42.0 Å². The van der Waals surface area contributed by atoms with Crippen molar-refractivity contribution in [2.75, 3.05) is 6.54 Å². The van der Waals surface area contributed by atoms with Crippen LogP contribution in [0.3, 0.4) is 0 Å². The summed E-state index contributed by atoms with van der Waals surface area (Å²) in [6.07, 6.45) is 7.02. The molecule has 1 unspecified atom stereocenters. The van der Waals surface area contributed by atoms with Crippen LogP contribution >= 0.6 is 0 Å². The van der Waals surface area contributed by atoms with Gasteiger partial charge in [-0.15, -0.1) is 6.58 Å². The van der Waals surface area contributed by atoms with Crippen molar-refractivity contribution in [1.82, 2.24) is 30.6 Å². The highest BCUT2D eigenvalue weighted by Crippen LogP contribution is 2.45. The molecule has 0 radical (unpaired) electrons. The molecule has 2 aliphatic carbocycles. The minimum absolute atomic E-state index is 0.0101. The minimum Gasteiger partial charge on any atom is -0.472 e. The lowest BCUT2D eigenvalue weighted by atomic mass is 9.85. The van der Waals surface area contributed by atoms with Crippen molar-refractivity contribution < 1.29 is 32.3 Å². The van der Waals surface area contributed by atoms with Crippen LogP contribution in [-0.2, 0) is 30.8 Å². The van der Waals surface area contributed by atoms with E-state index in [4.69, 9.17) is 4.74 Å². The van der Waals surface area contributed by atoms with E-state index in [1.54, 1.807) is 6.20 Å². The van der Waals surface area contributed by atoms with E-state index in [2.05, 4.69) is 44.4 Å². The maximum Gasteiger partial charge on any atom is 0.315 e. The zero-order valence-electron chi connectivity index (χ0n) is 30.1. The molecule has 4 N–H and O–H groups in total. The maximum atomic E-state index is 14.6. The van der Waals surface area contributed by atoms with Crippen molar-refractivity contribution in [3.8, 4) is 5.88 Å². The van der Waals surface area contributed by atoms with Gasteiger partial charge in [0, 0.05) is 29.5 Å². The van der Waals surface area contributed by atoms with Crippen molar-refractivity contribution in [2.24, 2.45) is 11.3 Å². The SMILES string of the molecule is C=C[C@@H]1CC1(NC(=O)[C@@H]1C[C@@H]2CN1C(=O)[C@H](C(C)(C)C)NC(=O)NC(C)(C)CCCCc1ccc3ccnc(c3c1)O2)C(=O)NS(=O)(=O)C1CC1. The number of urea groups is 1. The Morgan fingerprint density at radius 2 is 1.88 bits per heavy atom. The fraction of sp³-hybridized carbons (Fsp3) is 0.595. The van der Waals surface area contributed by atoms with Crippen LogP contribution in [-0.4, -0.2) is 83.1 Å². The second kappa shape index (κ2) is 13.4. The van der Waals surface area contributed by atoms with Crippen LogP contribution in [0, 0.1) is 11.3 Å². The summed E-state index contributed by atoms with van der Waals surface area (Å²) in [6, 6.07) is 5.46. The number of pyridine rings is 1. The standard InChI is InChI=1S/C37H50N6O7S/c1-7-24-20-37(24,33(46)42-51(48,49)26-13-14-26)40-30(44)28-19-25-21-43(28)32(45)29(35(2,3)4)39-34(47)41-36(5,6)16-9-8-10-22-11-12-23-15-17-38-31(50-25)27(23)18-22/h7,11-12,15,17-18,24-26,28-29H,1,8-10,13-14,16,19-21H2,2-6H3,(H,40,44)(H,42,46)(H2,39,41,47)/t24-,25-,28+,29-,37?/m1/s1. The predicted molar refractivity (Wildman–Crippen MR) is 192 cm³/mol. The fourth-order valence-corrected chi connectivity index (χ4v) is 8.60. The fourth-order valence-electron chi connectivity index (χ4n) is 7.24. The molecule has 0 spiro atoms. The number of benzene rings is 1. The van der Waals surface area contributed by atoms with Crippen molar-refractivity contribution in [3.05, 3.63) is 48.7 Å². The Labute approximate surface area is 299 Å². The molecule has 2 saturated carbocycles. The molecule has 4 bridgehead atoms. The lowest BCUT2D eigenvalue weighted by Crippen LogP contribution is -2.62. The number of carbonyl (C=O) groups excluding carboxylic acids is 4. The molecule has 1 aromatic carbocycles. The number of rotatable bonds is 6. The van der Waals surface area contributed by atoms with Crippen LogP contribution in [0.1, 0.15) is 85.1 Å². The Kier molecular flexibility index (Phi) is 9.62. The van der Waals surface area contributed by atoms with Gasteiger partial charge < -0.3 is 25.6 Å². The summed E-state index contributed by atoms with van der Waals surface area (Å²) in [4.78, 5) is 61.7. The van der Waals surface area contributed by atoms with Gasteiger partial charge in [0.15, 0.2) is 0 Å². The highest BCUT2D eigenvalue weighted by molar-refractivity contribution is 7.91. The van der Waals surface area contributed by atoms with E-state index in [9.17, 15) is 27.6 Å². The lowest BCUT2D eigenvalue weighted by Gasteiger charge is -2.36. The molecule has 13 nitrogen and oxygen atoms in total. The Bertz CT molecular complexity index is 1850. The molecule has 3 fully saturated rings. The van der Waals surface area contributed by atoms with Gasteiger partial charge in [-0.25, -0.2) is 18.2 Å². The smallest absolute Gasteiger partial charge is 0.315 e. The first-order valence-corrected chi connectivity index (χ1v) is 19.4. The van der Waals surface area contributed by atoms with Crippen molar-refractivity contribution >= 4 is 44.5 Å². The van der Waals surface area contributed by atoms with Gasteiger partial charge in [0.1, 0.15) is 23.7 Å². The molecule has 276 valence electrons. The zero-order valence-corrected chi connectivity index (χ0v) is 30.9. The third-order valence-corrected chi connectivity index (χ3v) is 12.3. The predicted octanol–water partition coefficient (Wildman–Crippen LogP) is 3.47. The summed E-state index contributed by atoms with van der Waals surface area (Å²) in [5.41, 5.74) is -1.71. The topological polar surface area (TPSA) is 176 Å². The second-order valence-electron chi connectivity index (χ2n) is 16.3. The van der Waals surface area contributed by atoms with Gasteiger partial charge >= 0.3 is 6.03 Å². The Morgan fingerprint density at radius 3 is 2.55 bits per heavy atom. The molecular weight excluding hydrogens is 673 g/mol. The molecule has 2 aromatic rings. The number of carbonyl (C=O) groups is 4. The van der Waals surface area contributed by atoms with Crippen molar-refractivity contribution in [3.63, 3.8) is 0 Å². The first-order valence-electron chi connectivity index (χ1n) is 17.9. The van der Waals surface area contributed by atoms with Gasteiger partial charge in [-0.3, -0.25) is 19.1 Å². The Balaban J connectivity index is 1.34. The van der Waals surface area contributed by atoms with Gasteiger partial charge in [-0.05, 0) is 80.9 Å². The normalized spacial score (nSPS) is 28.5. The highest BCUT2D eigenvalue weighted by Gasteiger charge is 2.62. The monoisotopic (exact) mass is 722 g/mol. The van der Waals surface area contributed by atoms with E-state index in [-0.39, 0.29) is 19.4 Å². The first-order chi connectivity index (χ1) is 23.9. The number of hydrogen-bond acceptors (Lipinski definition) is 8. The number of aryl methyl sites for hydroxylation is 1. The van der Waals surface area contributed by atoms with Crippen LogP contribution in [0.4, 0.5) is 4.79 Å². The molecule has 4 aliphatic rings. The minimum atomic E-state index is -3.88. The van der Waals surface area contributed by atoms with Gasteiger partial charge in [0.25, 0.3) is 5.91 Å².